The fourth-order valence-corrected chi connectivity index (χ4v) is 10.1. The Morgan fingerprint density at radius 3 is 2.45 bits per heavy atom. The molecule has 1 aromatic carbocycles. The highest BCUT2D eigenvalue weighted by molar-refractivity contribution is 7.89. The number of benzene rings is 1. The standard InChI is InChI=1S/C34H50FN7O4S/c1-24(2)42(25(3)4)33(43)29-17-27(35)5-6-30(29)46-31-18-37-23-38-32(31)40-14-9-26(20-40)19-39-21-34(22-39)10-15-41(16-11-34)47(44,45)28-7-12-36-13-8-28/h5-6,17-18,23-26,28,36H,7-16,19-22H2,1-4H3. The van der Waals surface area contributed by atoms with Crippen LogP contribution in [-0.2, 0) is 10.0 Å². The fourth-order valence-electron chi connectivity index (χ4n) is 8.11. The number of amides is 1. The van der Waals surface area contributed by atoms with Crippen molar-refractivity contribution in [3.05, 3.63) is 42.1 Å². The zero-order valence-electron chi connectivity index (χ0n) is 28.2. The normalized spacial score (nSPS) is 22.6. The van der Waals surface area contributed by atoms with E-state index in [4.69, 9.17) is 4.74 Å². The van der Waals surface area contributed by atoms with Gasteiger partial charge in [0.1, 0.15) is 17.9 Å². The number of ether oxygens (including phenoxy) is 1. The minimum Gasteiger partial charge on any atom is -0.451 e. The second kappa shape index (κ2) is 13.9. The lowest BCUT2D eigenvalue weighted by Crippen LogP contribution is -2.62. The highest BCUT2D eigenvalue weighted by Crippen LogP contribution is 2.43. The van der Waals surface area contributed by atoms with Gasteiger partial charge < -0.3 is 24.8 Å². The molecular weight excluding hydrogens is 621 g/mol. The number of aromatic nitrogens is 2. The first-order valence-electron chi connectivity index (χ1n) is 17.2. The third-order valence-electron chi connectivity index (χ3n) is 10.5. The van der Waals surface area contributed by atoms with Crippen LogP contribution in [-0.4, -0.2) is 115 Å². The van der Waals surface area contributed by atoms with Crippen molar-refractivity contribution in [2.45, 2.75) is 77.1 Å². The van der Waals surface area contributed by atoms with Crippen molar-refractivity contribution >= 4 is 21.7 Å². The summed E-state index contributed by atoms with van der Waals surface area (Å²) >= 11 is 0. The van der Waals surface area contributed by atoms with Gasteiger partial charge in [-0.2, -0.15) is 0 Å². The number of sulfonamides is 1. The van der Waals surface area contributed by atoms with Crippen LogP contribution in [0.3, 0.4) is 0 Å². The Bertz CT molecular complexity index is 1510. The number of hydrogen-bond donors (Lipinski definition) is 1. The van der Waals surface area contributed by atoms with Gasteiger partial charge in [0.05, 0.1) is 17.0 Å². The van der Waals surface area contributed by atoms with E-state index < -0.39 is 15.8 Å². The monoisotopic (exact) mass is 671 g/mol. The van der Waals surface area contributed by atoms with Crippen molar-refractivity contribution in [1.29, 1.82) is 0 Å². The molecule has 1 N–H and O–H groups in total. The maximum absolute atomic E-state index is 14.4. The average molecular weight is 672 g/mol. The SMILES string of the molecule is CC(C)N(C(=O)c1cc(F)ccc1Oc1cncnc1N1CCC(CN2CC3(CCN(S(=O)(=O)C4CCNCC4)CC3)C2)C1)C(C)C. The maximum Gasteiger partial charge on any atom is 0.258 e. The lowest BCUT2D eigenvalue weighted by atomic mass is 9.72. The summed E-state index contributed by atoms with van der Waals surface area (Å²) in [6, 6.07) is 3.91. The van der Waals surface area contributed by atoms with E-state index in [2.05, 4.69) is 25.1 Å². The number of rotatable bonds is 10. The number of nitrogens with zero attached hydrogens (tertiary/aromatic N) is 6. The zero-order chi connectivity index (χ0) is 33.3. The number of carbonyl (C=O) groups is 1. The Morgan fingerprint density at radius 1 is 1.06 bits per heavy atom. The zero-order valence-corrected chi connectivity index (χ0v) is 29.0. The number of hydrogen-bond acceptors (Lipinski definition) is 9. The Kier molecular flexibility index (Phi) is 10.1. The lowest BCUT2D eigenvalue weighted by molar-refractivity contribution is -0.0408. The van der Waals surface area contributed by atoms with Gasteiger partial charge in [-0.25, -0.2) is 27.1 Å². The summed E-state index contributed by atoms with van der Waals surface area (Å²) in [6.07, 6.45) is 7.42. The Labute approximate surface area is 278 Å². The van der Waals surface area contributed by atoms with Crippen molar-refractivity contribution in [2.75, 3.05) is 63.8 Å². The molecule has 0 radical (unpaired) electrons. The van der Waals surface area contributed by atoms with Gasteiger partial charge in [0.2, 0.25) is 10.0 Å². The van der Waals surface area contributed by atoms with Crippen LogP contribution in [0.2, 0.25) is 0 Å². The van der Waals surface area contributed by atoms with Gasteiger partial charge in [-0.3, -0.25) is 4.79 Å². The second-order valence-corrected chi connectivity index (χ2v) is 16.7. The molecule has 13 heteroatoms. The molecule has 4 aliphatic rings. The molecule has 6 rings (SSSR count). The fraction of sp³-hybridized carbons (Fsp3) is 0.676. The molecule has 1 atom stereocenters. The van der Waals surface area contributed by atoms with Crippen molar-refractivity contribution in [3.8, 4) is 11.5 Å². The van der Waals surface area contributed by atoms with Gasteiger partial charge in [0.15, 0.2) is 11.6 Å². The van der Waals surface area contributed by atoms with Gasteiger partial charge >= 0.3 is 0 Å². The van der Waals surface area contributed by atoms with Crippen molar-refractivity contribution < 1.29 is 22.3 Å². The molecule has 11 nitrogen and oxygen atoms in total. The smallest absolute Gasteiger partial charge is 0.258 e. The highest BCUT2D eigenvalue weighted by atomic mass is 32.2. The number of anilines is 1. The number of halogens is 1. The number of piperidine rings is 2. The van der Waals surface area contributed by atoms with Gasteiger partial charge in [0, 0.05) is 57.9 Å². The number of likely N-dealkylation sites (tertiary alicyclic amines) is 1. The molecule has 1 amide bonds. The minimum absolute atomic E-state index is 0.0646. The van der Waals surface area contributed by atoms with E-state index in [1.165, 1.54) is 24.5 Å². The van der Waals surface area contributed by atoms with Crippen LogP contribution in [0.5, 0.6) is 11.5 Å². The van der Waals surface area contributed by atoms with E-state index in [1.54, 1.807) is 15.4 Å². The molecule has 258 valence electrons. The van der Waals surface area contributed by atoms with E-state index in [9.17, 15) is 17.6 Å². The van der Waals surface area contributed by atoms with Crippen molar-refractivity contribution in [3.63, 3.8) is 0 Å². The van der Waals surface area contributed by atoms with E-state index >= 15 is 0 Å². The van der Waals surface area contributed by atoms with Crippen LogP contribution in [0.15, 0.2) is 30.7 Å². The molecule has 4 saturated heterocycles. The third-order valence-corrected chi connectivity index (χ3v) is 12.9. The lowest BCUT2D eigenvalue weighted by Gasteiger charge is -2.54. The molecule has 5 heterocycles. The van der Waals surface area contributed by atoms with Crippen molar-refractivity contribution in [1.82, 2.24) is 29.4 Å². The van der Waals surface area contributed by atoms with Crippen LogP contribution in [0.25, 0.3) is 0 Å². The summed E-state index contributed by atoms with van der Waals surface area (Å²) in [5.74, 6) is 1.05. The Balaban J connectivity index is 1.05. The molecule has 47 heavy (non-hydrogen) atoms. The Morgan fingerprint density at radius 2 is 1.77 bits per heavy atom. The van der Waals surface area contributed by atoms with Crippen LogP contribution in [0.1, 0.15) is 70.2 Å². The second-order valence-electron chi connectivity index (χ2n) is 14.5. The molecule has 4 fully saturated rings. The summed E-state index contributed by atoms with van der Waals surface area (Å²) < 4.78 is 48.8. The van der Waals surface area contributed by atoms with E-state index in [-0.39, 0.29) is 40.0 Å². The predicted octanol–water partition coefficient (Wildman–Crippen LogP) is 3.97. The van der Waals surface area contributed by atoms with Crippen LogP contribution >= 0.6 is 0 Å². The maximum atomic E-state index is 14.4. The summed E-state index contributed by atoms with van der Waals surface area (Å²) in [6.45, 7) is 15.3. The molecule has 0 aliphatic carbocycles. The molecule has 2 aromatic rings. The van der Waals surface area contributed by atoms with Gasteiger partial charge in [-0.1, -0.05) is 0 Å². The third kappa shape index (κ3) is 7.28. The summed E-state index contributed by atoms with van der Waals surface area (Å²) in [5.41, 5.74) is 0.403. The summed E-state index contributed by atoms with van der Waals surface area (Å²) in [4.78, 5) is 28.8. The average Bonchev–Trinajstić information content (AvgIpc) is 3.50. The number of carbonyl (C=O) groups excluding carboxylic acids is 1. The predicted molar refractivity (Wildman–Crippen MR) is 180 cm³/mol. The molecule has 1 aromatic heterocycles. The van der Waals surface area contributed by atoms with Crippen LogP contribution in [0, 0.1) is 17.2 Å². The van der Waals surface area contributed by atoms with Gasteiger partial charge in [-0.05, 0) is 102 Å². The largest absolute Gasteiger partial charge is 0.451 e. The quantitative estimate of drug-likeness (QED) is 0.401. The summed E-state index contributed by atoms with van der Waals surface area (Å²) in [7, 11) is -3.21. The molecule has 4 aliphatic heterocycles. The first-order valence-corrected chi connectivity index (χ1v) is 18.7. The van der Waals surface area contributed by atoms with Gasteiger partial charge in [-0.15, -0.1) is 0 Å². The molecule has 1 spiro atoms. The van der Waals surface area contributed by atoms with Gasteiger partial charge in [0.25, 0.3) is 5.91 Å². The first kappa shape index (κ1) is 34.0. The van der Waals surface area contributed by atoms with Crippen LogP contribution in [0.4, 0.5) is 10.2 Å². The first-order chi connectivity index (χ1) is 22.5. The molecule has 0 bridgehead atoms. The van der Waals surface area contributed by atoms with Crippen molar-refractivity contribution in [2.24, 2.45) is 11.3 Å². The molecular formula is C34H50FN7O4S. The molecule has 0 saturated carbocycles. The Hall–Kier alpha value is -2.87. The minimum atomic E-state index is -3.21. The van der Waals surface area contributed by atoms with E-state index in [0.29, 0.717) is 43.4 Å². The summed E-state index contributed by atoms with van der Waals surface area (Å²) in [5, 5.41) is 3.03. The molecule has 1 unspecified atom stereocenters. The van der Waals surface area contributed by atoms with Crippen LogP contribution < -0.4 is 15.0 Å². The topological polar surface area (TPSA) is 111 Å². The van der Waals surface area contributed by atoms with E-state index in [1.807, 2.05) is 27.7 Å². The van der Waals surface area contributed by atoms with E-state index in [0.717, 1.165) is 65.1 Å². The highest BCUT2D eigenvalue weighted by Gasteiger charge is 2.48. The number of nitrogens with one attached hydrogen (secondary N) is 1.